The van der Waals surface area contributed by atoms with Crippen LogP contribution in [0.5, 0.6) is 0 Å². The normalized spacial score (nSPS) is 11.0. The number of methoxy groups -OCH3 is 1. The van der Waals surface area contributed by atoms with Crippen molar-refractivity contribution < 1.29 is 22.7 Å². The first-order valence-electron chi connectivity index (χ1n) is 8.15. The summed E-state index contributed by atoms with van der Waals surface area (Å²) in [6.45, 7) is 3.30. The van der Waals surface area contributed by atoms with E-state index in [4.69, 9.17) is 0 Å². The van der Waals surface area contributed by atoms with Gasteiger partial charge in [-0.3, -0.25) is 9.10 Å². The minimum absolute atomic E-state index is 0.193. The number of carbonyl (C=O) groups is 2. The standard InChI is InChI=1S/C19H22N2O5S/c1-13-7-5-8-14(2)18(13)20-17(22)12-21(27(4,24)25)16-10-6-9-15(11-16)19(23)26-3/h5-11H,12H2,1-4H3,(H,20,22). The molecule has 0 unspecified atom stereocenters. The summed E-state index contributed by atoms with van der Waals surface area (Å²) in [5.41, 5.74) is 2.80. The van der Waals surface area contributed by atoms with Gasteiger partial charge in [-0.1, -0.05) is 24.3 Å². The Morgan fingerprint density at radius 1 is 1.07 bits per heavy atom. The summed E-state index contributed by atoms with van der Waals surface area (Å²) >= 11 is 0. The molecule has 0 aliphatic rings. The van der Waals surface area contributed by atoms with Crippen molar-refractivity contribution in [3.05, 3.63) is 59.2 Å². The van der Waals surface area contributed by atoms with Gasteiger partial charge in [0.05, 0.1) is 24.6 Å². The van der Waals surface area contributed by atoms with Gasteiger partial charge in [0.2, 0.25) is 15.9 Å². The number of benzene rings is 2. The molecule has 1 amide bonds. The molecule has 0 heterocycles. The predicted molar refractivity (Wildman–Crippen MR) is 105 cm³/mol. The third-order valence-corrected chi connectivity index (χ3v) is 5.13. The maximum Gasteiger partial charge on any atom is 0.337 e. The molecule has 0 spiro atoms. The lowest BCUT2D eigenvalue weighted by Gasteiger charge is -2.23. The SMILES string of the molecule is COC(=O)c1cccc(N(CC(=O)Nc2c(C)cccc2C)S(C)(=O)=O)c1. The van der Waals surface area contributed by atoms with Crippen LogP contribution in [0.2, 0.25) is 0 Å². The number of amides is 1. The smallest absolute Gasteiger partial charge is 0.337 e. The van der Waals surface area contributed by atoms with E-state index in [9.17, 15) is 18.0 Å². The number of hydrogen-bond acceptors (Lipinski definition) is 5. The van der Waals surface area contributed by atoms with E-state index < -0.39 is 28.4 Å². The highest BCUT2D eigenvalue weighted by Crippen LogP contribution is 2.22. The van der Waals surface area contributed by atoms with Gasteiger partial charge in [-0.05, 0) is 43.2 Å². The number of hydrogen-bond donors (Lipinski definition) is 1. The first-order valence-corrected chi connectivity index (χ1v) is 10.0. The Hall–Kier alpha value is -2.87. The Bertz CT molecular complexity index is 950. The summed E-state index contributed by atoms with van der Waals surface area (Å²) in [4.78, 5) is 24.2. The number of rotatable bonds is 6. The molecular formula is C19H22N2O5S. The molecule has 144 valence electrons. The zero-order valence-corrected chi connectivity index (χ0v) is 16.5. The molecule has 0 aliphatic heterocycles. The minimum atomic E-state index is -3.75. The molecule has 0 radical (unpaired) electrons. The molecule has 0 saturated carbocycles. The predicted octanol–water partition coefficient (Wildman–Crippen LogP) is 2.49. The third-order valence-electron chi connectivity index (χ3n) is 3.99. The van der Waals surface area contributed by atoms with Crippen LogP contribution in [0.3, 0.4) is 0 Å². The highest BCUT2D eigenvalue weighted by Gasteiger charge is 2.22. The average Bonchev–Trinajstić information content (AvgIpc) is 2.61. The molecule has 2 aromatic carbocycles. The number of para-hydroxylation sites is 1. The molecule has 2 aromatic rings. The van der Waals surface area contributed by atoms with Crippen molar-refractivity contribution in [2.45, 2.75) is 13.8 Å². The summed E-state index contributed by atoms with van der Waals surface area (Å²) in [6, 6.07) is 11.5. The topological polar surface area (TPSA) is 92.8 Å². The van der Waals surface area contributed by atoms with Crippen molar-refractivity contribution in [1.29, 1.82) is 0 Å². The maximum atomic E-state index is 12.5. The Labute approximate surface area is 159 Å². The van der Waals surface area contributed by atoms with Crippen LogP contribution in [0.15, 0.2) is 42.5 Å². The van der Waals surface area contributed by atoms with Crippen LogP contribution in [0.25, 0.3) is 0 Å². The van der Waals surface area contributed by atoms with E-state index in [1.54, 1.807) is 0 Å². The molecule has 2 rings (SSSR count). The van der Waals surface area contributed by atoms with Gasteiger partial charge >= 0.3 is 5.97 Å². The Balaban J connectivity index is 2.31. The second-order valence-electron chi connectivity index (χ2n) is 6.13. The van der Waals surface area contributed by atoms with Gasteiger partial charge in [-0.2, -0.15) is 0 Å². The molecular weight excluding hydrogens is 368 g/mol. The highest BCUT2D eigenvalue weighted by molar-refractivity contribution is 7.92. The van der Waals surface area contributed by atoms with Crippen LogP contribution in [0.1, 0.15) is 21.5 Å². The van der Waals surface area contributed by atoms with Gasteiger partial charge < -0.3 is 10.1 Å². The fourth-order valence-corrected chi connectivity index (χ4v) is 3.48. The number of sulfonamides is 1. The molecule has 0 aromatic heterocycles. The van der Waals surface area contributed by atoms with Crippen molar-refractivity contribution in [3.63, 3.8) is 0 Å². The molecule has 1 N–H and O–H groups in total. The number of nitrogens with zero attached hydrogens (tertiary/aromatic N) is 1. The van der Waals surface area contributed by atoms with Crippen molar-refractivity contribution in [2.24, 2.45) is 0 Å². The molecule has 27 heavy (non-hydrogen) atoms. The zero-order chi connectivity index (χ0) is 20.2. The van der Waals surface area contributed by atoms with E-state index >= 15 is 0 Å². The van der Waals surface area contributed by atoms with Crippen LogP contribution < -0.4 is 9.62 Å². The molecule has 0 saturated heterocycles. The van der Waals surface area contributed by atoms with E-state index in [0.29, 0.717) is 5.69 Å². The van der Waals surface area contributed by atoms with E-state index in [-0.39, 0.29) is 11.3 Å². The van der Waals surface area contributed by atoms with Crippen LogP contribution in [-0.2, 0) is 19.6 Å². The summed E-state index contributed by atoms with van der Waals surface area (Å²) in [6.07, 6.45) is 1.00. The number of carbonyl (C=O) groups excluding carboxylic acids is 2. The van der Waals surface area contributed by atoms with Gasteiger partial charge in [0, 0.05) is 5.69 Å². The molecule has 0 bridgehead atoms. The van der Waals surface area contributed by atoms with Crippen LogP contribution >= 0.6 is 0 Å². The van der Waals surface area contributed by atoms with Crippen LogP contribution in [-0.4, -0.2) is 40.2 Å². The average molecular weight is 390 g/mol. The zero-order valence-electron chi connectivity index (χ0n) is 15.6. The summed E-state index contributed by atoms with van der Waals surface area (Å²) in [7, 11) is -2.52. The van der Waals surface area contributed by atoms with E-state index in [2.05, 4.69) is 10.1 Å². The van der Waals surface area contributed by atoms with Gasteiger partial charge in [0.15, 0.2) is 0 Å². The minimum Gasteiger partial charge on any atom is -0.465 e. The molecule has 8 heteroatoms. The first-order chi connectivity index (χ1) is 12.6. The Morgan fingerprint density at radius 2 is 1.67 bits per heavy atom. The van der Waals surface area contributed by atoms with Crippen LogP contribution in [0.4, 0.5) is 11.4 Å². The van der Waals surface area contributed by atoms with Gasteiger partial charge in [-0.25, -0.2) is 13.2 Å². The second-order valence-corrected chi connectivity index (χ2v) is 8.03. The number of ether oxygens (including phenoxy) is 1. The molecule has 0 aliphatic carbocycles. The van der Waals surface area contributed by atoms with Crippen LogP contribution in [0, 0.1) is 13.8 Å². The van der Waals surface area contributed by atoms with Crippen molar-refractivity contribution >= 4 is 33.3 Å². The molecule has 0 atom stereocenters. The Morgan fingerprint density at radius 3 is 2.22 bits per heavy atom. The van der Waals surface area contributed by atoms with E-state index in [1.807, 2.05) is 32.0 Å². The van der Waals surface area contributed by atoms with Gasteiger partial charge in [0.25, 0.3) is 0 Å². The lowest BCUT2D eigenvalue weighted by molar-refractivity contribution is -0.114. The number of esters is 1. The van der Waals surface area contributed by atoms with E-state index in [1.165, 1.54) is 31.4 Å². The molecule has 0 fully saturated rings. The summed E-state index contributed by atoms with van der Waals surface area (Å²) < 4.78 is 30.1. The van der Waals surface area contributed by atoms with Gasteiger partial charge in [-0.15, -0.1) is 0 Å². The van der Waals surface area contributed by atoms with E-state index in [0.717, 1.165) is 21.7 Å². The first kappa shape index (κ1) is 20.4. The fraction of sp³-hybridized carbons (Fsp3) is 0.263. The molecule has 7 nitrogen and oxygen atoms in total. The van der Waals surface area contributed by atoms with Gasteiger partial charge in [0.1, 0.15) is 6.54 Å². The third kappa shape index (κ3) is 5.07. The van der Waals surface area contributed by atoms with Crippen molar-refractivity contribution in [1.82, 2.24) is 0 Å². The lowest BCUT2D eigenvalue weighted by Crippen LogP contribution is -2.37. The lowest BCUT2D eigenvalue weighted by atomic mass is 10.1. The number of nitrogens with one attached hydrogen (secondary N) is 1. The van der Waals surface area contributed by atoms with Crippen molar-refractivity contribution in [2.75, 3.05) is 29.5 Å². The quantitative estimate of drug-likeness (QED) is 0.765. The van der Waals surface area contributed by atoms with Crippen molar-refractivity contribution in [3.8, 4) is 0 Å². The summed E-state index contributed by atoms with van der Waals surface area (Å²) in [5.74, 6) is -1.08. The number of anilines is 2. The highest BCUT2D eigenvalue weighted by atomic mass is 32.2. The largest absolute Gasteiger partial charge is 0.465 e. The summed E-state index contributed by atoms with van der Waals surface area (Å²) in [5, 5.41) is 2.76. The monoisotopic (exact) mass is 390 g/mol. The maximum absolute atomic E-state index is 12.5. The Kier molecular flexibility index (Phi) is 6.22. The fourth-order valence-electron chi connectivity index (χ4n) is 2.63. The second kappa shape index (κ2) is 8.22. The number of aryl methyl sites for hydroxylation is 2.